The number of piperazine rings is 1. The quantitative estimate of drug-likeness (QED) is 0.740. The molecule has 1 aromatic heterocycles. The molecule has 0 aromatic carbocycles. The van der Waals surface area contributed by atoms with E-state index < -0.39 is 0 Å². The van der Waals surface area contributed by atoms with Crippen LogP contribution in [0.5, 0.6) is 5.88 Å². The molecule has 0 N–H and O–H groups in total. The highest BCUT2D eigenvalue weighted by molar-refractivity contribution is 5.79. The number of ether oxygens (including phenoxy) is 2. The number of nitrogens with zero attached hydrogens (tertiary/aromatic N) is 3. The second-order valence-corrected chi connectivity index (χ2v) is 8.25. The van der Waals surface area contributed by atoms with Crippen LogP contribution in [0.25, 0.3) is 0 Å². The minimum Gasteiger partial charge on any atom is -0.481 e. The van der Waals surface area contributed by atoms with Crippen molar-refractivity contribution in [1.29, 1.82) is 0 Å². The molecule has 3 fully saturated rings. The lowest BCUT2D eigenvalue weighted by atomic mass is 9.72. The summed E-state index contributed by atoms with van der Waals surface area (Å²) >= 11 is 0. The van der Waals surface area contributed by atoms with Crippen LogP contribution in [0, 0.1) is 5.41 Å². The summed E-state index contributed by atoms with van der Waals surface area (Å²) in [6.45, 7) is 5.09. The Hall–Kier alpha value is -1.82. The van der Waals surface area contributed by atoms with Crippen molar-refractivity contribution in [2.75, 3.05) is 44.7 Å². The molecule has 6 nitrogen and oxygen atoms in total. The topological polar surface area (TPSA) is 54.9 Å². The number of anilines is 1. The highest BCUT2D eigenvalue weighted by atomic mass is 16.6. The molecule has 1 aromatic rings. The summed E-state index contributed by atoms with van der Waals surface area (Å²) in [5.41, 5.74) is 1.03. The van der Waals surface area contributed by atoms with E-state index in [0.29, 0.717) is 5.88 Å². The van der Waals surface area contributed by atoms with Crippen LogP contribution in [0.1, 0.15) is 44.9 Å². The maximum atomic E-state index is 12.4. The smallest absolute Gasteiger partial charge is 0.312 e. The van der Waals surface area contributed by atoms with Crippen LogP contribution in [0.4, 0.5) is 5.69 Å². The van der Waals surface area contributed by atoms with E-state index in [-0.39, 0.29) is 17.5 Å². The van der Waals surface area contributed by atoms with E-state index in [1.54, 1.807) is 13.3 Å². The van der Waals surface area contributed by atoms with Gasteiger partial charge in [-0.15, -0.1) is 0 Å². The van der Waals surface area contributed by atoms with Crippen molar-refractivity contribution in [2.24, 2.45) is 5.41 Å². The molecular formula is C21H31N3O3. The molecule has 3 aliphatic rings. The molecule has 1 aliphatic carbocycles. The van der Waals surface area contributed by atoms with Crippen molar-refractivity contribution < 1.29 is 14.3 Å². The third-order valence-electron chi connectivity index (χ3n) is 6.57. The molecule has 2 aliphatic heterocycles. The number of esters is 1. The van der Waals surface area contributed by atoms with E-state index in [9.17, 15) is 4.79 Å². The van der Waals surface area contributed by atoms with Gasteiger partial charge >= 0.3 is 5.97 Å². The van der Waals surface area contributed by atoms with Gasteiger partial charge in [-0.05, 0) is 25.3 Å². The minimum atomic E-state index is -0.137. The van der Waals surface area contributed by atoms with Gasteiger partial charge in [0.15, 0.2) is 0 Å². The highest BCUT2D eigenvalue weighted by Gasteiger charge is 2.48. The number of pyridine rings is 1. The van der Waals surface area contributed by atoms with Gasteiger partial charge in [0.1, 0.15) is 6.10 Å². The SMILES string of the molecule is COc1cc(N2CCN(CCC3CC4(CCCCC4)C(=O)O3)CC2)ccn1. The molecular weight excluding hydrogens is 342 g/mol. The molecule has 1 spiro atoms. The number of hydrogen-bond acceptors (Lipinski definition) is 6. The summed E-state index contributed by atoms with van der Waals surface area (Å²) in [7, 11) is 1.65. The molecule has 3 heterocycles. The third-order valence-corrected chi connectivity index (χ3v) is 6.57. The van der Waals surface area contributed by atoms with Gasteiger partial charge in [0.05, 0.1) is 12.5 Å². The van der Waals surface area contributed by atoms with E-state index >= 15 is 0 Å². The molecule has 148 valence electrons. The van der Waals surface area contributed by atoms with Gasteiger partial charge in [-0.2, -0.15) is 0 Å². The van der Waals surface area contributed by atoms with Gasteiger partial charge < -0.3 is 14.4 Å². The lowest BCUT2D eigenvalue weighted by Gasteiger charge is -2.36. The molecule has 4 rings (SSSR count). The van der Waals surface area contributed by atoms with Crippen molar-refractivity contribution in [3.05, 3.63) is 18.3 Å². The van der Waals surface area contributed by atoms with Crippen LogP contribution >= 0.6 is 0 Å². The second-order valence-electron chi connectivity index (χ2n) is 8.25. The molecule has 6 heteroatoms. The maximum absolute atomic E-state index is 12.4. The zero-order valence-corrected chi connectivity index (χ0v) is 16.4. The van der Waals surface area contributed by atoms with Crippen LogP contribution in [-0.4, -0.2) is 61.8 Å². The molecule has 0 amide bonds. The molecule has 2 saturated heterocycles. The van der Waals surface area contributed by atoms with E-state index in [1.807, 2.05) is 12.1 Å². The fourth-order valence-corrected chi connectivity index (χ4v) is 4.90. The second kappa shape index (κ2) is 8.05. The molecule has 1 atom stereocenters. The van der Waals surface area contributed by atoms with Crippen LogP contribution in [0.3, 0.4) is 0 Å². The van der Waals surface area contributed by atoms with Crippen molar-refractivity contribution in [3.63, 3.8) is 0 Å². The van der Waals surface area contributed by atoms with Gasteiger partial charge in [0.2, 0.25) is 5.88 Å². The number of methoxy groups -OCH3 is 1. The maximum Gasteiger partial charge on any atom is 0.312 e. The molecule has 1 saturated carbocycles. The number of aromatic nitrogens is 1. The van der Waals surface area contributed by atoms with E-state index in [2.05, 4.69) is 14.8 Å². The first-order chi connectivity index (χ1) is 13.2. The first-order valence-corrected chi connectivity index (χ1v) is 10.4. The van der Waals surface area contributed by atoms with Crippen molar-refractivity contribution in [2.45, 2.75) is 51.0 Å². The van der Waals surface area contributed by atoms with Crippen molar-refractivity contribution >= 4 is 11.7 Å². The first kappa shape index (κ1) is 18.5. The molecule has 0 radical (unpaired) electrons. The highest BCUT2D eigenvalue weighted by Crippen LogP contribution is 2.46. The van der Waals surface area contributed by atoms with E-state index in [0.717, 1.165) is 58.4 Å². The van der Waals surface area contributed by atoms with E-state index in [4.69, 9.17) is 9.47 Å². The fraction of sp³-hybridized carbons (Fsp3) is 0.714. The Morgan fingerprint density at radius 1 is 1.22 bits per heavy atom. The number of rotatable bonds is 5. The first-order valence-electron chi connectivity index (χ1n) is 10.4. The number of cyclic esters (lactones) is 1. The number of carbonyl (C=O) groups is 1. The number of carbonyl (C=O) groups excluding carboxylic acids is 1. The Morgan fingerprint density at radius 2 is 2.00 bits per heavy atom. The summed E-state index contributed by atoms with van der Waals surface area (Å²) < 4.78 is 11.0. The van der Waals surface area contributed by atoms with Crippen molar-refractivity contribution in [3.8, 4) is 5.88 Å². The van der Waals surface area contributed by atoms with Crippen LogP contribution < -0.4 is 9.64 Å². The Morgan fingerprint density at radius 3 is 2.74 bits per heavy atom. The Bertz CT molecular complexity index is 652. The van der Waals surface area contributed by atoms with Gasteiger partial charge in [-0.3, -0.25) is 9.69 Å². The lowest BCUT2D eigenvalue weighted by molar-refractivity contribution is -0.150. The normalized spacial score (nSPS) is 25.6. The summed E-state index contributed by atoms with van der Waals surface area (Å²) in [6.07, 6.45) is 9.56. The molecule has 27 heavy (non-hydrogen) atoms. The van der Waals surface area contributed by atoms with E-state index in [1.165, 1.54) is 24.9 Å². The van der Waals surface area contributed by atoms with Crippen molar-refractivity contribution in [1.82, 2.24) is 9.88 Å². The standard InChI is InChI=1S/C21H31N3O3/c1-26-19-15-17(5-9-22-19)24-13-11-23(12-14-24)10-6-18-16-21(20(25)27-18)7-3-2-4-8-21/h5,9,15,18H,2-4,6-8,10-14,16H2,1H3. The third kappa shape index (κ3) is 4.05. The Balaban J connectivity index is 1.23. The van der Waals surface area contributed by atoms with Crippen LogP contribution in [0.2, 0.25) is 0 Å². The lowest BCUT2D eigenvalue weighted by Crippen LogP contribution is -2.47. The fourth-order valence-electron chi connectivity index (χ4n) is 4.90. The average Bonchev–Trinajstić information content (AvgIpc) is 3.02. The summed E-state index contributed by atoms with van der Waals surface area (Å²) in [6, 6.07) is 4.04. The molecule has 1 unspecified atom stereocenters. The predicted molar refractivity (Wildman–Crippen MR) is 104 cm³/mol. The van der Waals surface area contributed by atoms with Gasteiger partial charge in [0.25, 0.3) is 0 Å². The largest absolute Gasteiger partial charge is 0.481 e. The zero-order valence-electron chi connectivity index (χ0n) is 16.4. The average molecular weight is 373 g/mol. The van der Waals surface area contributed by atoms with Gasteiger partial charge in [0, 0.05) is 57.1 Å². The number of hydrogen-bond donors (Lipinski definition) is 0. The predicted octanol–water partition coefficient (Wildman–Crippen LogP) is 2.87. The Kier molecular flexibility index (Phi) is 5.53. The summed E-state index contributed by atoms with van der Waals surface area (Å²) in [5, 5.41) is 0. The van der Waals surface area contributed by atoms with Crippen LogP contribution in [-0.2, 0) is 9.53 Å². The Labute approximate surface area is 161 Å². The minimum absolute atomic E-state index is 0.0867. The van der Waals surface area contributed by atoms with Crippen LogP contribution in [0.15, 0.2) is 18.3 Å². The zero-order chi connectivity index (χ0) is 18.7. The van der Waals surface area contributed by atoms with Gasteiger partial charge in [-0.1, -0.05) is 19.3 Å². The summed E-state index contributed by atoms with van der Waals surface area (Å²) in [4.78, 5) is 21.5. The molecule has 0 bridgehead atoms. The van der Waals surface area contributed by atoms with Gasteiger partial charge in [-0.25, -0.2) is 4.98 Å². The monoisotopic (exact) mass is 373 g/mol. The summed E-state index contributed by atoms with van der Waals surface area (Å²) in [5.74, 6) is 0.748.